The van der Waals surface area contributed by atoms with E-state index >= 15 is 0 Å². The Morgan fingerprint density at radius 3 is 2.42 bits per heavy atom. The number of nitrogens with one attached hydrogen (secondary N) is 2. The van der Waals surface area contributed by atoms with Gasteiger partial charge in [-0.05, 0) is 50.1 Å². The number of nitrogens with zero attached hydrogens (tertiary/aromatic N) is 1. The van der Waals surface area contributed by atoms with E-state index in [4.69, 9.17) is 0 Å². The van der Waals surface area contributed by atoms with E-state index in [-0.39, 0.29) is 0 Å². The molecule has 3 aromatic rings. The zero-order valence-electron chi connectivity index (χ0n) is 15.0. The van der Waals surface area contributed by atoms with Crippen molar-refractivity contribution in [3.63, 3.8) is 0 Å². The summed E-state index contributed by atoms with van der Waals surface area (Å²) in [5.74, 6) is 0. The molecule has 1 heterocycles. The van der Waals surface area contributed by atoms with Crippen LogP contribution in [0.15, 0.2) is 59.6 Å². The Kier molecular flexibility index (Phi) is 5.54. The quantitative estimate of drug-likeness (QED) is 0.624. The van der Waals surface area contributed by atoms with Crippen molar-refractivity contribution in [2.45, 2.75) is 25.2 Å². The number of rotatable bonds is 7. The van der Waals surface area contributed by atoms with Crippen molar-refractivity contribution in [3.05, 3.63) is 65.9 Å². The van der Waals surface area contributed by atoms with Crippen LogP contribution in [0, 0.1) is 13.8 Å². The Morgan fingerprint density at radius 1 is 0.923 bits per heavy atom. The van der Waals surface area contributed by atoms with Crippen LogP contribution in [-0.2, 0) is 10.0 Å². The number of pyridine rings is 1. The van der Waals surface area contributed by atoms with E-state index in [1.54, 1.807) is 30.5 Å². The van der Waals surface area contributed by atoms with E-state index in [0.717, 1.165) is 22.2 Å². The van der Waals surface area contributed by atoms with Crippen molar-refractivity contribution in [2.24, 2.45) is 0 Å². The van der Waals surface area contributed by atoms with E-state index in [1.807, 2.05) is 19.9 Å². The van der Waals surface area contributed by atoms with Gasteiger partial charge in [-0.3, -0.25) is 4.98 Å². The van der Waals surface area contributed by atoms with Gasteiger partial charge < -0.3 is 5.32 Å². The van der Waals surface area contributed by atoms with Crippen molar-refractivity contribution in [1.29, 1.82) is 0 Å². The first-order valence-electron chi connectivity index (χ1n) is 8.61. The number of aromatic nitrogens is 1. The maximum atomic E-state index is 12.2. The maximum Gasteiger partial charge on any atom is 0.240 e. The van der Waals surface area contributed by atoms with Crippen molar-refractivity contribution < 1.29 is 8.42 Å². The third-order valence-corrected chi connectivity index (χ3v) is 5.67. The number of fused-ring (bicyclic) bond motifs is 1. The molecule has 0 fully saturated rings. The summed E-state index contributed by atoms with van der Waals surface area (Å²) in [6.07, 6.45) is 2.46. The second-order valence-electron chi connectivity index (χ2n) is 6.37. The van der Waals surface area contributed by atoms with Crippen LogP contribution in [0.4, 0.5) is 5.69 Å². The molecule has 136 valence electrons. The highest BCUT2D eigenvalue weighted by atomic mass is 32.2. The average molecular weight is 369 g/mol. The van der Waals surface area contributed by atoms with Gasteiger partial charge in [0.2, 0.25) is 10.0 Å². The third-order valence-electron chi connectivity index (χ3n) is 4.19. The van der Waals surface area contributed by atoms with E-state index in [0.29, 0.717) is 24.4 Å². The first-order chi connectivity index (χ1) is 12.5. The van der Waals surface area contributed by atoms with E-state index in [1.165, 1.54) is 5.56 Å². The monoisotopic (exact) mass is 369 g/mol. The normalized spacial score (nSPS) is 11.6. The SMILES string of the molecule is Cc1ccc(S(=O)(=O)NCCCNc2ccnc3cc(C)ccc23)cc1. The van der Waals surface area contributed by atoms with Crippen LogP contribution in [0.1, 0.15) is 17.5 Å². The fourth-order valence-corrected chi connectivity index (χ4v) is 3.81. The average Bonchev–Trinajstić information content (AvgIpc) is 2.61. The Labute approximate surface area is 154 Å². The van der Waals surface area contributed by atoms with Gasteiger partial charge >= 0.3 is 0 Å². The van der Waals surface area contributed by atoms with Crippen LogP contribution in [0.2, 0.25) is 0 Å². The van der Waals surface area contributed by atoms with Crippen LogP contribution in [-0.4, -0.2) is 26.5 Å². The predicted octanol–water partition coefficient (Wildman–Crippen LogP) is 3.63. The molecule has 0 amide bonds. The summed E-state index contributed by atoms with van der Waals surface area (Å²) in [6.45, 7) is 5.02. The summed E-state index contributed by atoms with van der Waals surface area (Å²) in [4.78, 5) is 4.69. The summed E-state index contributed by atoms with van der Waals surface area (Å²) >= 11 is 0. The lowest BCUT2D eigenvalue weighted by molar-refractivity contribution is 0.580. The minimum absolute atomic E-state index is 0.298. The fraction of sp³-hybridized carbons (Fsp3) is 0.250. The Morgan fingerprint density at radius 2 is 1.65 bits per heavy atom. The van der Waals surface area contributed by atoms with Crippen LogP contribution >= 0.6 is 0 Å². The molecule has 0 aliphatic heterocycles. The zero-order chi connectivity index (χ0) is 18.6. The van der Waals surface area contributed by atoms with Crippen molar-refractivity contribution in [2.75, 3.05) is 18.4 Å². The van der Waals surface area contributed by atoms with E-state index in [9.17, 15) is 8.42 Å². The minimum Gasteiger partial charge on any atom is -0.384 e. The maximum absolute atomic E-state index is 12.2. The summed E-state index contributed by atoms with van der Waals surface area (Å²) in [5.41, 5.74) is 4.17. The van der Waals surface area contributed by atoms with Crippen LogP contribution in [0.5, 0.6) is 0 Å². The lowest BCUT2D eigenvalue weighted by Gasteiger charge is -2.11. The van der Waals surface area contributed by atoms with Crippen LogP contribution in [0.3, 0.4) is 0 Å². The molecular formula is C20H23N3O2S. The Balaban J connectivity index is 1.54. The summed E-state index contributed by atoms with van der Waals surface area (Å²) in [5, 5.41) is 4.43. The molecule has 0 saturated heterocycles. The predicted molar refractivity (Wildman–Crippen MR) is 106 cm³/mol. The third kappa shape index (κ3) is 4.39. The van der Waals surface area contributed by atoms with Gasteiger partial charge in [-0.25, -0.2) is 13.1 Å². The molecule has 2 aromatic carbocycles. The van der Waals surface area contributed by atoms with Crippen molar-refractivity contribution in [1.82, 2.24) is 9.71 Å². The molecule has 2 N–H and O–H groups in total. The number of hydrogen-bond acceptors (Lipinski definition) is 4. The lowest BCUT2D eigenvalue weighted by Crippen LogP contribution is -2.26. The highest BCUT2D eigenvalue weighted by molar-refractivity contribution is 7.89. The first-order valence-corrected chi connectivity index (χ1v) is 10.1. The molecule has 1 aromatic heterocycles. The largest absolute Gasteiger partial charge is 0.384 e. The topological polar surface area (TPSA) is 71.1 Å². The molecular weight excluding hydrogens is 346 g/mol. The number of hydrogen-bond donors (Lipinski definition) is 2. The number of benzene rings is 2. The summed E-state index contributed by atoms with van der Waals surface area (Å²) < 4.78 is 27.1. The van der Waals surface area contributed by atoms with Gasteiger partial charge in [0.05, 0.1) is 10.4 Å². The number of sulfonamides is 1. The molecule has 6 heteroatoms. The molecule has 0 aliphatic carbocycles. The van der Waals surface area contributed by atoms with E-state index in [2.05, 4.69) is 33.2 Å². The molecule has 0 aliphatic rings. The molecule has 0 saturated carbocycles. The molecule has 5 nitrogen and oxygen atoms in total. The van der Waals surface area contributed by atoms with Gasteiger partial charge in [0.25, 0.3) is 0 Å². The highest BCUT2D eigenvalue weighted by Crippen LogP contribution is 2.22. The number of aryl methyl sites for hydroxylation is 2. The second kappa shape index (κ2) is 7.85. The van der Waals surface area contributed by atoms with Crippen molar-refractivity contribution in [3.8, 4) is 0 Å². The summed E-state index contributed by atoms with van der Waals surface area (Å²) in [7, 11) is -3.45. The molecule has 0 atom stereocenters. The van der Waals surface area contributed by atoms with Gasteiger partial charge in [-0.2, -0.15) is 0 Å². The van der Waals surface area contributed by atoms with Gasteiger partial charge in [0.15, 0.2) is 0 Å². The van der Waals surface area contributed by atoms with E-state index < -0.39 is 10.0 Å². The Bertz CT molecular complexity index is 999. The fourth-order valence-electron chi connectivity index (χ4n) is 2.73. The van der Waals surface area contributed by atoms with Crippen LogP contribution < -0.4 is 10.0 Å². The van der Waals surface area contributed by atoms with Gasteiger partial charge in [0, 0.05) is 30.4 Å². The zero-order valence-corrected chi connectivity index (χ0v) is 15.8. The standard InChI is InChI=1S/C20H23N3O2S/c1-15-4-7-17(8-5-15)26(24,25)23-12-3-11-21-19-10-13-22-20-14-16(2)6-9-18(19)20/h4-10,13-14,23H,3,11-12H2,1-2H3,(H,21,22). The molecule has 0 radical (unpaired) electrons. The van der Waals surface area contributed by atoms with Crippen molar-refractivity contribution >= 4 is 26.6 Å². The number of anilines is 1. The molecule has 0 bridgehead atoms. The molecule has 26 heavy (non-hydrogen) atoms. The molecule has 0 spiro atoms. The van der Waals surface area contributed by atoms with Gasteiger partial charge in [-0.15, -0.1) is 0 Å². The highest BCUT2D eigenvalue weighted by Gasteiger charge is 2.12. The minimum atomic E-state index is -3.45. The molecule has 0 unspecified atom stereocenters. The Hall–Kier alpha value is -2.44. The second-order valence-corrected chi connectivity index (χ2v) is 8.14. The van der Waals surface area contributed by atoms with Gasteiger partial charge in [0.1, 0.15) is 0 Å². The smallest absolute Gasteiger partial charge is 0.240 e. The van der Waals surface area contributed by atoms with Gasteiger partial charge in [-0.1, -0.05) is 29.8 Å². The van der Waals surface area contributed by atoms with Crippen LogP contribution in [0.25, 0.3) is 10.9 Å². The lowest BCUT2D eigenvalue weighted by atomic mass is 10.1. The molecule has 3 rings (SSSR count). The first kappa shape index (κ1) is 18.4. The summed E-state index contributed by atoms with van der Waals surface area (Å²) in [6, 6.07) is 15.0.